The normalized spacial score (nSPS) is 49.2. The molecule has 0 amide bonds. The zero-order valence-electron chi connectivity index (χ0n) is 7.53. The second-order valence-corrected chi connectivity index (χ2v) is 4.16. The molecular weight excluding hydrogens is 154 g/mol. The first-order valence-electron chi connectivity index (χ1n) is 4.77. The summed E-state index contributed by atoms with van der Waals surface area (Å²) >= 11 is 0. The van der Waals surface area contributed by atoms with Crippen molar-refractivity contribution in [2.75, 3.05) is 7.05 Å². The van der Waals surface area contributed by atoms with Crippen molar-refractivity contribution in [3.63, 3.8) is 0 Å². The third kappa shape index (κ3) is 1.08. The van der Waals surface area contributed by atoms with E-state index in [1.165, 1.54) is 0 Å². The van der Waals surface area contributed by atoms with Gasteiger partial charge >= 0.3 is 0 Å². The molecule has 0 aromatic carbocycles. The molecule has 3 nitrogen and oxygen atoms in total. The average Bonchev–Trinajstić information content (AvgIpc) is 2.03. The van der Waals surface area contributed by atoms with Crippen LogP contribution >= 0.6 is 0 Å². The van der Waals surface area contributed by atoms with E-state index in [1.807, 2.05) is 11.9 Å². The van der Waals surface area contributed by atoms with Gasteiger partial charge in [0.25, 0.3) is 0 Å². The van der Waals surface area contributed by atoms with E-state index >= 15 is 0 Å². The predicted molar refractivity (Wildman–Crippen MR) is 45.6 cm³/mol. The molecule has 3 heteroatoms. The highest BCUT2D eigenvalue weighted by molar-refractivity contribution is 4.96. The fourth-order valence-corrected chi connectivity index (χ4v) is 2.60. The zero-order valence-corrected chi connectivity index (χ0v) is 7.53. The Labute approximate surface area is 73.0 Å². The highest BCUT2D eigenvalue weighted by Crippen LogP contribution is 2.38. The minimum absolute atomic E-state index is 0.192. The number of aliphatic hydroxyl groups excluding tert-OH is 1. The van der Waals surface area contributed by atoms with Crippen LogP contribution in [0.3, 0.4) is 0 Å². The van der Waals surface area contributed by atoms with Crippen molar-refractivity contribution in [2.45, 2.75) is 50.0 Å². The van der Waals surface area contributed by atoms with E-state index in [2.05, 4.69) is 0 Å². The standard InChI is InChI=1S/C9H17NO2/c1-10-7-3-2-5-9(10,12)6-4-8(7)11/h7-8,11-12H,2-6H2,1H3. The minimum atomic E-state index is -0.609. The van der Waals surface area contributed by atoms with Crippen molar-refractivity contribution < 1.29 is 10.2 Å². The number of fused-ring (bicyclic) bond motifs is 2. The summed E-state index contributed by atoms with van der Waals surface area (Å²) in [4.78, 5) is 1.96. The summed E-state index contributed by atoms with van der Waals surface area (Å²) in [6.45, 7) is 0. The number of aliphatic hydroxyl groups is 2. The Balaban J connectivity index is 2.19. The Kier molecular flexibility index (Phi) is 1.90. The lowest BCUT2D eigenvalue weighted by Crippen LogP contribution is -2.61. The zero-order chi connectivity index (χ0) is 8.77. The maximum Gasteiger partial charge on any atom is 0.118 e. The molecule has 2 fully saturated rings. The topological polar surface area (TPSA) is 43.7 Å². The Morgan fingerprint density at radius 3 is 2.75 bits per heavy atom. The van der Waals surface area contributed by atoms with Gasteiger partial charge in [-0.2, -0.15) is 0 Å². The maximum atomic E-state index is 10.1. The van der Waals surface area contributed by atoms with Crippen molar-refractivity contribution in [3.05, 3.63) is 0 Å². The third-order valence-corrected chi connectivity index (χ3v) is 3.52. The minimum Gasteiger partial charge on any atom is -0.391 e. The van der Waals surface area contributed by atoms with E-state index in [1.54, 1.807) is 0 Å². The quantitative estimate of drug-likeness (QED) is 0.551. The Hall–Kier alpha value is -0.120. The van der Waals surface area contributed by atoms with Crippen molar-refractivity contribution in [1.29, 1.82) is 0 Å². The van der Waals surface area contributed by atoms with Crippen LogP contribution in [0.1, 0.15) is 32.1 Å². The molecule has 0 spiro atoms. The number of piperidine rings is 2. The van der Waals surface area contributed by atoms with Crippen molar-refractivity contribution in [3.8, 4) is 0 Å². The summed E-state index contributed by atoms with van der Waals surface area (Å²) in [7, 11) is 1.92. The molecule has 3 atom stereocenters. The molecule has 0 radical (unpaired) electrons. The van der Waals surface area contributed by atoms with Crippen LogP contribution in [0.2, 0.25) is 0 Å². The van der Waals surface area contributed by atoms with Gasteiger partial charge in [0.05, 0.1) is 6.10 Å². The van der Waals surface area contributed by atoms with Crippen LogP contribution in [0.25, 0.3) is 0 Å². The molecule has 0 aliphatic carbocycles. The molecule has 70 valence electrons. The molecule has 12 heavy (non-hydrogen) atoms. The van der Waals surface area contributed by atoms with Crippen LogP contribution in [0.5, 0.6) is 0 Å². The van der Waals surface area contributed by atoms with Gasteiger partial charge in [-0.15, -0.1) is 0 Å². The number of likely N-dealkylation sites (N-methyl/N-ethyl adjacent to an activating group) is 1. The molecule has 3 unspecified atom stereocenters. The molecule has 2 heterocycles. The molecule has 2 saturated heterocycles. The van der Waals surface area contributed by atoms with E-state index in [0.29, 0.717) is 0 Å². The fraction of sp³-hybridized carbons (Fsp3) is 1.00. The number of nitrogens with zero attached hydrogens (tertiary/aromatic N) is 1. The highest BCUT2D eigenvalue weighted by Gasteiger charge is 2.45. The van der Waals surface area contributed by atoms with Crippen molar-refractivity contribution in [1.82, 2.24) is 4.90 Å². The van der Waals surface area contributed by atoms with Crippen LogP contribution < -0.4 is 0 Å². The van der Waals surface area contributed by atoms with Gasteiger partial charge < -0.3 is 10.2 Å². The lowest BCUT2D eigenvalue weighted by Gasteiger charge is -2.51. The Bertz CT molecular complexity index is 185. The van der Waals surface area contributed by atoms with E-state index in [9.17, 15) is 10.2 Å². The molecule has 0 aromatic rings. The van der Waals surface area contributed by atoms with Gasteiger partial charge in [0.15, 0.2) is 0 Å². The average molecular weight is 171 g/mol. The summed E-state index contributed by atoms with van der Waals surface area (Å²) in [5, 5.41) is 19.8. The smallest absolute Gasteiger partial charge is 0.118 e. The molecular formula is C9H17NO2. The van der Waals surface area contributed by atoms with Crippen LogP contribution in [-0.4, -0.2) is 40.0 Å². The molecule has 2 rings (SSSR count). The van der Waals surface area contributed by atoms with Gasteiger partial charge in [-0.05, 0) is 39.2 Å². The Morgan fingerprint density at radius 2 is 2.08 bits per heavy atom. The van der Waals surface area contributed by atoms with Gasteiger partial charge in [0.2, 0.25) is 0 Å². The summed E-state index contributed by atoms with van der Waals surface area (Å²) in [5.41, 5.74) is -0.609. The van der Waals surface area contributed by atoms with Gasteiger partial charge in [0.1, 0.15) is 5.72 Å². The second kappa shape index (κ2) is 2.69. The maximum absolute atomic E-state index is 10.1. The Morgan fingerprint density at radius 1 is 1.33 bits per heavy atom. The fourth-order valence-electron chi connectivity index (χ4n) is 2.60. The second-order valence-electron chi connectivity index (χ2n) is 4.16. The van der Waals surface area contributed by atoms with E-state index < -0.39 is 5.72 Å². The third-order valence-electron chi connectivity index (χ3n) is 3.52. The lowest BCUT2D eigenvalue weighted by molar-refractivity contribution is -0.195. The first-order valence-corrected chi connectivity index (χ1v) is 4.77. The van der Waals surface area contributed by atoms with Crippen molar-refractivity contribution >= 4 is 0 Å². The first-order chi connectivity index (χ1) is 5.63. The molecule has 2 aliphatic rings. The SMILES string of the molecule is CN1C2CCCC1(O)CCC2O. The molecule has 0 saturated carbocycles. The van der Waals surface area contributed by atoms with Gasteiger partial charge in [-0.1, -0.05) is 0 Å². The first kappa shape index (κ1) is 8.48. The largest absolute Gasteiger partial charge is 0.391 e. The summed E-state index contributed by atoms with van der Waals surface area (Å²) in [6.07, 6.45) is 4.19. The highest BCUT2D eigenvalue weighted by atomic mass is 16.3. The predicted octanol–water partition coefficient (Wildman–Crippen LogP) is 0.314. The lowest BCUT2D eigenvalue weighted by atomic mass is 9.81. The van der Waals surface area contributed by atoms with Gasteiger partial charge in [-0.3, -0.25) is 4.90 Å². The monoisotopic (exact) mass is 171 g/mol. The summed E-state index contributed by atoms with van der Waals surface area (Å²) < 4.78 is 0. The van der Waals surface area contributed by atoms with E-state index in [4.69, 9.17) is 0 Å². The molecule has 2 N–H and O–H groups in total. The van der Waals surface area contributed by atoms with Crippen LogP contribution in [0.4, 0.5) is 0 Å². The molecule has 2 aliphatic heterocycles. The van der Waals surface area contributed by atoms with E-state index in [-0.39, 0.29) is 12.1 Å². The summed E-state index contributed by atoms with van der Waals surface area (Å²) in [6, 6.07) is 0.192. The van der Waals surface area contributed by atoms with Crippen molar-refractivity contribution in [2.24, 2.45) is 0 Å². The van der Waals surface area contributed by atoms with Crippen LogP contribution in [0, 0.1) is 0 Å². The molecule has 0 aromatic heterocycles. The van der Waals surface area contributed by atoms with Gasteiger partial charge in [-0.25, -0.2) is 0 Å². The number of rotatable bonds is 0. The summed E-state index contributed by atoms with van der Waals surface area (Å²) in [5.74, 6) is 0. The van der Waals surface area contributed by atoms with E-state index in [0.717, 1.165) is 32.1 Å². The van der Waals surface area contributed by atoms with Crippen LogP contribution in [0.15, 0.2) is 0 Å². The van der Waals surface area contributed by atoms with Crippen LogP contribution in [-0.2, 0) is 0 Å². The number of hydrogen-bond donors (Lipinski definition) is 2. The number of hydrogen-bond acceptors (Lipinski definition) is 3. The molecule has 2 bridgehead atoms. The van der Waals surface area contributed by atoms with Gasteiger partial charge in [0, 0.05) is 6.04 Å².